The van der Waals surface area contributed by atoms with Crippen molar-refractivity contribution in [3.63, 3.8) is 0 Å². The van der Waals surface area contributed by atoms with E-state index in [1.165, 1.54) is 35.2 Å². The molecule has 1 unspecified atom stereocenters. The summed E-state index contributed by atoms with van der Waals surface area (Å²) in [5, 5.41) is 22.2. The molecule has 3 rings (SSSR count). The predicted octanol–water partition coefficient (Wildman–Crippen LogP) is 3.50. The number of likely N-dealkylation sites (tertiary alicyclic amines) is 1. The second-order valence-corrected chi connectivity index (χ2v) is 7.38. The molecular weight excluding hydrogens is 417 g/mol. The van der Waals surface area contributed by atoms with Gasteiger partial charge in [0, 0.05) is 30.8 Å². The van der Waals surface area contributed by atoms with Crippen LogP contribution >= 0.6 is 0 Å². The second-order valence-electron chi connectivity index (χ2n) is 7.38. The number of carbonyl (C=O) groups is 2. The standard InChI is InChI=1S/C23H24FN3O5/c1-3-25(4-2)12-13-26-20(16-6-5-7-18(14-16)27(31)32)19(22(29)23(26)30)21(28)15-8-10-17(24)11-9-15/h5-11,14,20,28H,3-4,12-13H2,1-2H3/b21-19-. The first-order chi connectivity index (χ1) is 15.3. The van der Waals surface area contributed by atoms with Crippen molar-refractivity contribution in [1.82, 2.24) is 9.80 Å². The lowest BCUT2D eigenvalue weighted by Crippen LogP contribution is -2.38. The first-order valence-electron chi connectivity index (χ1n) is 10.3. The number of nitro groups is 1. The van der Waals surface area contributed by atoms with Crippen LogP contribution in [0.5, 0.6) is 0 Å². The van der Waals surface area contributed by atoms with Crippen molar-refractivity contribution in [2.24, 2.45) is 0 Å². The third-order valence-electron chi connectivity index (χ3n) is 5.61. The highest BCUT2D eigenvalue weighted by Gasteiger charge is 2.46. The van der Waals surface area contributed by atoms with Gasteiger partial charge in [-0.2, -0.15) is 0 Å². The van der Waals surface area contributed by atoms with Crippen molar-refractivity contribution in [3.05, 3.63) is 81.2 Å². The van der Waals surface area contributed by atoms with Gasteiger partial charge in [-0.25, -0.2) is 4.39 Å². The van der Waals surface area contributed by atoms with Crippen molar-refractivity contribution in [1.29, 1.82) is 0 Å². The number of aliphatic hydroxyl groups is 1. The minimum Gasteiger partial charge on any atom is -0.507 e. The normalized spacial score (nSPS) is 17.9. The minimum atomic E-state index is -1.00. The molecule has 9 heteroatoms. The van der Waals surface area contributed by atoms with Crippen LogP contribution in [0.1, 0.15) is 31.0 Å². The van der Waals surface area contributed by atoms with E-state index in [9.17, 15) is 29.2 Å². The number of aliphatic hydroxyl groups excluding tert-OH is 1. The molecule has 1 atom stereocenters. The van der Waals surface area contributed by atoms with Crippen LogP contribution in [0.25, 0.3) is 5.76 Å². The summed E-state index contributed by atoms with van der Waals surface area (Å²) in [4.78, 5) is 40.0. The summed E-state index contributed by atoms with van der Waals surface area (Å²) >= 11 is 0. The number of nitrogens with zero attached hydrogens (tertiary/aromatic N) is 3. The number of hydrogen-bond acceptors (Lipinski definition) is 6. The first kappa shape index (κ1) is 23.1. The average Bonchev–Trinajstić information content (AvgIpc) is 3.04. The van der Waals surface area contributed by atoms with Gasteiger partial charge in [0.25, 0.3) is 17.4 Å². The lowest BCUT2D eigenvalue weighted by Gasteiger charge is -2.28. The maximum absolute atomic E-state index is 13.3. The number of nitro benzene ring substituents is 1. The Hall–Kier alpha value is -3.59. The third-order valence-corrected chi connectivity index (χ3v) is 5.61. The van der Waals surface area contributed by atoms with E-state index in [4.69, 9.17) is 0 Å². The molecule has 1 heterocycles. The molecule has 0 spiro atoms. The largest absolute Gasteiger partial charge is 0.507 e. The highest BCUT2D eigenvalue weighted by Crippen LogP contribution is 2.40. The zero-order chi connectivity index (χ0) is 23.4. The minimum absolute atomic E-state index is 0.170. The Kier molecular flexibility index (Phi) is 6.99. The molecule has 1 aliphatic rings. The highest BCUT2D eigenvalue weighted by atomic mass is 19.1. The molecule has 8 nitrogen and oxygen atoms in total. The Labute approximate surface area is 184 Å². The average molecular weight is 441 g/mol. The van der Waals surface area contributed by atoms with Gasteiger partial charge in [-0.1, -0.05) is 26.0 Å². The zero-order valence-corrected chi connectivity index (χ0v) is 17.8. The molecule has 0 saturated carbocycles. The monoisotopic (exact) mass is 441 g/mol. The first-order valence-corrected chi connectivity index (χ1v) is 10.3. The van der Waals surface area contributed by atoms with Gasteiger partial charge in [-0.05, 0) is 42.9 Å². The number of benzene rings is 2. The number of hydrogen-bond donors (Lipinski definition) is 1. The van der Waals surface area contributed by atoms with Crippen molar-refractivity contribution in [2.75, 3.05) is 26.2 Å². The molecule has 0 aliphatic carbocycles. The summed E-state index contributed by atoms with van der Waals surface area (Å²) in [7, 11) is 0. The maximum Gasteiger partial charge on any atom is 0.295 e. The molecule has 168 valence electrons. The molecule has 1 aliphatic heterocycles. The smallest absolute Gasteiger partial charge is 0.295 e. The van der Waals surface area contributed by atoms with Gasteiger partial charge in [0.2, 0.25) is 0 Å². The highest BCUT2D eigenvalue weighted by molar-refractivity contribution is 6.46. The van der Waals surface area contributed by atoms with Gasteiger partial charge in [0.1, 0.15) is 11.6 Å². The molecule has 0 aromatic heterocycles. The Balaban J connectivity index is 2.13. The summed E-state index contributed by atoms with van der Waals surface area (Å²) in [6, 6.07) is 9.51. The number of carbonyl (C=O) groups excluding carboxylic acids is 2. The van der Waals surface area contributed by atoms with Crippen LogP contribution in [-0.4, -0.2) is 57.7 Å². The SMILES string of the molecule is CCN(CC)CCN1C(=O)C(=O)/C(=C(\O)c2ccc(F)cc2)C1c1cccc([N+](=O)[O-])c1. The van der Waals surface area contributed by atoms with Gasteiger partial charge < -0.3 is 14.9 Å². The van der Waals surface area contributed by atoms with E-state index in [0.717, 1.165) is 25.2 Å². The Morgan fingerprint density at radius 1 is 1.16 bits per heavy atom. The van der Waals surface area contributed by atoms with E-state index in [1.54, 1.807) is 6.07 Å². The fraction of sp³-hybridized carbons (Fsp3) is 0.304. The molecule has 1 N–H and O–H groups in total. The van der Waals surface area contributed by atoms with Gasteiger partial charge in [-0.3, -0.25) is 19.7 Å². The lowest BCUT2D eigenvalue weighted by atomic mass is 9.95. The Bertz CT molecular complexity index is 1060. The van der Waals surface area contributed by atoms with Crippen LogP contribution in [0.15, 0.2) is 54.1 Å². The van der Waals surface area contributed by atoms with Gasteiger partial charge in [0.15, 0.2) is 0 Å². The second kappa shape index (κ2) is 9.69. The topological polar surface area (TPSA) is 104 Å². The maximum atomic E-state index is 13.3. The van der Waals surface area contributed by atoms with Crippen LogP contribution in [0.4, 0.5) is 10.1 Å². The van der Waals surface area contributed by atoms with Crippen LogP contribution < -0.4 is 0 Å². The fourth-order valence-corrected chi connectivity index (χ4v) is 3.82. The van der Waals surface area contributed by atoms with Gasteiger partial charge in [-0.15, -0.1) is 0 Å². The zero-order valence-electron chi connectivity index (χ0n) is 17.8. The number of amides is 1. The molecule has 0 radical (unpaired) electrons. The molecule has 1 saturated heterocycles. The number of Topliss-reactive ketones (excluding diaryl/α,β-unsaturated/α-hetero) is 1. The van der Waals surface area contributed by atoms with E-state index in [-0.39, 0.29) is 23.4 Å². The van der Waals surface area contributed by atoms with Crippen molar-refractivity contribution in [2.45, 2.75) is 19.9 Å². The number of likely N-dealkylation sites (N-methyl/N-ethyl adjacent to an activating group) is 1. The van der Waals surface area contributed by atoms with Crippen molar-refractivity contribution >= 4 is 23.1 Å². The molecule has 2 aromatic rings. The van der Waals surface area contributed by atoms with E-state index in [0.29, 0.717) is 12.1 Å². The molecule has 0 bridgehead atoms. The van der Waals surface area contributed by atoms with Crippen LogP contribution in [0, 0.1) is 15.9 Å². The summed E-state index contributed by atoms with van der Waals surface area (Å²) in [5.74, 6) is -2.65. The van der Waals surface area contributed by atoms with Gasteiger partial charge >= 0.3 is 0 Å². The number of non-ortho nitro benzene ring substituents is 1. The summed E-state index contributed by atoms with van der Waals surface area (Å²) in [5.41, 5.74) is 0.130. The quantitative estimate of drug-likeness (QED) is 0.221. The van der Waals surface area contributed by atoms with E-state index in [1.807, 2.05) is 13.8 Å². The summed E-state index contributed by atoms with van der Waals surface area (Å²) in [6.07, 6.45) is 0. The lowest BCUT2D eigenvalue weighted by molar-refractivity contribution is -0.384. The van der Waals surface area contributed by atoms with Crippen LogP contribution in [-0.2, 0) is 9.59 Å². The number of halogens is 1. The Morgan fingerprint density at radius 2 is 1.81 bits per heavy atom. The predicted molar refractivity (Wildman–Crippen MR) is 116 cm³/mol. The summed E-state index contributed by atoms with van der Waals surface area (Å²) in [6.45, 7) is 6.13. The molecule has 2 aromatic carbocycles. The van der Waals surface area contributed by atoms with Crippen LogP contribution in [0.3, 0.4) is 0 Å². The van der Waals surface area contributed by atoms with E-state index in [2.05, 4.69) is 4.90 Å². The van der Waals surface area contributed by atoms with Crippen molar-refractivity contribution in [3.8, 4) is 0 Å². The third kappa shape index (κ3) is 4.52. The molecule has 1 fully saturated rings. The number of rotatable bonds is 8. The fourth-order valence-electron chi connectivity index (χ4n) is 3.82. The van der Waals surface area contributed by atoms with E-state index >= 15 is 0 Å². The van der Waals surface area contributed by atoms with Crippen molar-refractivity contribution < 1.29 is 24.0 Å². The van der Waals surface area contributed by atoms with E-state index < -0.39 is 34.2 Å². The number of ketones is 1. The summed E-state index contributed by atoms with van der Waals surface area (Å²) < 4.78 is 13.3. The molecule has 1 amide bonds. The molecule has 32 heavy (non-hydrogen) atoms. The molecular formula is C23H24FN3O5. The Morgan fingerprint density at radius 3 is 2.41 bits per heavy atom. The van der Waals surface area contributed by atoms with Gasteiger partial charge in [0.05, 0.1) is 16.5 Å². The van der Waals surface area contributed by atoms with Crippen LogP contribution in [0.2, 0.25) is 0 Å².